The van der Waals surface area contributed by atoms with Gasteiger partial charge in [0, 0.05) is 48.3 Å². The van der Waals surface area contributed by atoms with Crippen LogP contribution in [0.25, 0.3) is 0 Å². The van der Waals surface area contributed by atoms with Crippen molar-refractivity contribution in [1.82, 2.24) is 10.2 Å². The molecule has 26 heavy (non-hydrogen) atoms. The number of nitrogens with zero attached hydrogens (tertiary/aromatic N) is 2. The van der Waals surface area contributed by atoms with Gasteiger partial charge in [-0.25, -0.2) is 8.42 Å². The number of guanidine groups is 1. The molecule has 3 rings (SSSR count). The smallest absolute Gasteiger partial charge is 0.194 e. The Morgan fingerprint density at radius 2 is 1.88 bits per heavy atom. The third-order valence-electron chi connectivity index (χ3n) is 5.74. The van der Waals surface area contributed by atoms with Crippen molar-refractivity contribution < 1.29 is 8.42 Å². The molecule has 8 heteroatoms. The number of rotatable bonds is 5. The Bertz CT molecular complexity index is 594. The third-order valence-corrected chi connectivity index (χ3v) is 8.41. The number of aliphatic imine (C=N–C) groups is 1. The standard InChI is InChI=1S/C18H33N3O2S2.HI/c1-3-19-16(20-13-17(9-10-17)15-25(2,22)23)21-11-12-24-18(14-21)7-5-4-6-8-18;/h3-15H2,1-2H3,(H,19,20);1H. The summed E-state index contributed by atoms with van der Waals surface area (Å²) in [7, 11) is -2.93. The second kappa shape index (κ2) is 9.20. The van der Waals surface area contributed by atoms with E-state index in [9.17, 15) is 8.42 Å². The predicted molar refractivity (Wildman–Crippen MR) is 123 cm³/mol. The molecule has 2 saturated carbocycles. The lowest BCUT2D eigenvalue weighted by molar-refractivity contribution is 0.293. The summed E-state index contributed by atoms with van der Waals surface area (Å²) in [6.07, 6.45) is 10.1. The van der Waals surface area contributed by atoms with Crippen LogP contribution < -0.4 is 5.32 Å². The molecule has 1 heterocycles. The minimum Gasteiger partial charge on any atom is -0.357 e. The van der Waals surface area contributed by atoms with Gasteiger partial charge in [-0.3, -0.25) is 4.99 Å². The van der Waals surface area contributed by atoms with Crippen LogP contribution in [-0.2, 0) is 9.84 Å². The lowest BCUT2D eigenvalue weighted by Gasteiger charge is -2.45. The van der Waals surface area contributed by atoms with Gasteiger partial charge in [0.15, 0.2) is 5.96 Å². The average molecular weight is 516 g/mol. The van der Waals surface area contributed by atoms with Crippen molar-refractivity contribution in [1.29, 1.82) is 0 Å². The molecule has 3 aliphatic rings. The van der Waals surface area contributed by atoms with Gasteiger partial charge in [0.05, 0.1) is 5.75 Å². The summed E-state index contributed by atoms with van der Waals surface area (Å²) in [5.41, 5.74) is -0.0959. The first-order valence-electron chi connectivity index (χ1n) is 9.70. The molecule has 0 aromatic heterocycles. The van der Waals surface area contributed by atoms with Crippen molar-refractivity contribution in [2.24, 2.45) is 10.4 Å². The molecule has 3 fully saturated rings. The molecule has 0 aromatic rings. The quantitative estimate of drug-likeness (QED) is 0.347. The number of hydrogen-bond acceptors (Lipinski definition) is 4. The second-order valence-corrected chi connectivity index (χ2v) is 12.0. The lowest BCUT2D eigenvalue weighted by atomic mass is 9.87. The predicted octanol–water partition coefficient (Wildman–Crippen LogP) is 3.15. The number of halogens is 1. The van der Waals surface area contributed by atoms with Crippen molar-refractivity contribution in [3.05, 3.63) is 0 Å². The summed E-state index contributed by atoms with van der Waals surface area (Å²) < 4.78 is 23.8. The maximum Gasteiger partial charge on any atom is 0.194 e. The van der Waals surface area contributed by atoms with Crippen LogP contribution in [0.15, 0.2) is 4.99 Å². The first kappa shape index (κ1) is 22.6. The Morgan fingerprint density at radius 3 is 2.46 bits per heavy atom. The normalized spacial score (nSPS) is 24.8. The zero-order valence-electron chi connectivity index (χ0n) is 16.1. The second-order valence-electron chi connectivity index (χ2n) is 8.25. The topological polar surface area (TPSA) is 61.8 Å². The molecule has 0 unspecified atom stereocenters. The van der Waals surface area contributed by atoms with Gasteiger partial charge in [0.1, 0.15) is 9.84 Å². The molecule has 0 aromatic carbocycles. The molecule has 2 aliphatic carbocycles. The molecule has 152 valence electrons. The molecular weight excluding hydrogens is 481 g/mol. The highest BCUT2D eigenvalue weighted by atomic mass is 127. The molecule has 1 N–H and O–H groups in total. The van der Waals surface area contributed by atoms with E-state index in [0.717, 1.165) is 38.4 Å². The number of hydrogen-bond donors (Lipinski definition) is 1. The van der Waals surface area contributed by atoms with Crippen LogP contribution in [-0.4, -0.2) is 68.0 Å². The first-order chi connectivity index (χ1) is 11.9. The summed E-state index contributed by atoms with van der Waals surface area (Å²) in [6, 6.07) is 0. The van der Waals surface area contributed by atoms with Gasteiger partial charge >= 0.3 is 0 Å². The van der Waals surface area contributed by atoms with Crippen LogP contribution in [0.3, 0.4) is 0 Å². The van der Waals surface area contributed by atoms with Crippen LogP contribution in [0, 0.1) is 5.41 Å². The molecule has 0 amide bonds. The van der Waals surface area contributed by atoms with E-state index in [1.54, 1.807) is 0 Å². The zero-order valence-corrected chi connectivity index (χ0v) is 20.1. The van der Waals surface area contributed by atoms with Gasteiger partial charge in [-0.15, -0.1) is 24.0 Å². The fourth-order valence-corrected chi connectivity index (χ4v) is 7.34. The van der Waals surface area contributed by atoms with Crippen molar-refractivity contribution in [2.45, 2.75) is 56.6 Å². The van der Waals surface area contributed by atoms with Gasteiger partial charge in [-0.2, -0.15) is 11.8 Å². The van der Waals surface area contributed by atoms with Crippen LogP contribution >= 0.6 is 35.7 Å². The van der Waals surface area contributed by atoms with Crippen LogP contribution in [0.4, 0.5) is 0 Å². The molecular formula is C18H34IN3O2S2. The monoisotopic (exact) mass is 515 g/mol. The Balaban J connectivity index is 0.00000243. The van der Waals surface area contributed by atoms with Crippen molar-refractivity contribution >= 4 is 51.5 Å². The van der Waals surface area contributed by atoms with Gasteiger partial charge in [0.25, 0.3) is 0 Å². The van der Waals surface area contributed by atoms with Crippen LogP contribution in [0.5, 0.6) is 0 Å². The van der Waals surface area contributed by atoms with Gasteiger partial charge < -0.3 is 10.2 Å². The van der Waals surface area contributed by atoms with Gasteiger partial charge in [-0.05, 0) is 32.6 Å². The number of thioether (sulfide) groups is 1. The summed E-state index contributed by atoms with van der Waals surface area (Å²) >= 11 is 2.17. The summed E-state index contributed by atoms with van der Waals surface area (Å²) in [5.74, 6) is 2.44. The summed E-state index contributed by atoms with van der Waals surface area (Å²) in [5, 5.41) is 3.45. The van der Waals surface area contributed by atoms with E-state index >= 15 is 0 Å². The van der Waals surface area contributed by atoms with E-state index < -0.39 is 9.84 Å². The van der Waals surface area contributed by atoms with Crippen LogP contribution in [0.1, 0.15) is 51.9 Å². The summed E-state index contributed by atoms with van der Waals surface area (Å²) in [6.45, 7) is 5.72. The molecule has 1 aliphatic heterocycles. The van der Waals surface area contributed by atoms with E-state index in [-0.39, 0.29) is 35.1 Å². The lowest BCUT2D eigenvalue weighted by Crippen LogP contribution is -2.53. The van der Waals surface area contributed by atoms with E-state index in [1.165, 1.54) is 44.1 Å². The average Bonchev–Trinajstić information content (AvgIpc) is 3.30. The maximum absolute atomic E-state index is 11.7. The van der Waals surface area contributed by atoms with Crippen LogP contribution in [0.2, 0.25) is 0 Å². The fraction of sp³-hybridized carbons (Fsp3) is 0.944. The minimum absolute atomic E-state index is 0. The minimum atomic E-state index is -2.93. The number of nitrogens with one attached hydrogen (secondary N) is 1. The molecule has 1 spiro atoms. The highest BCUT2D eigenvalue weighted by Gasteiger charge is 2.45. The molecule has 1 saturated heterocycles. The highest BCUT2D eigenvalue weighted by Crippen LogP contribution is 2.47. The number of sulfone groups is 1. The van der Waals surface area contributed by atoms with Gasteiger partial charge in [0.2, 0.25) is 0 Å². The van der Waals surface area contributed by atoms with Crippen molar-refractivity contribution in [3.8, 4) is 0 Å². The van der Waals surface area contributed by atoms with E-state index in [0.29, 0.717) is 11.3 Å². The zero-order chi connectivity index (χ0) is 18.0. The van der Waals surface area contributed by atoms with E-state index in [4.69, 9.17) is 4.99 Å². The molecule has 0 bridgehead atoms. The van der Waals surface area contributed by atoms with E-state index in [2.05, 4.69) is 28.9 Å². The molecule has 5 nitrogen and oxygen atoms in total. The van der Waals surface area contributed by atoms with Crippen molar-refractivity contribution in [3.63, 3.8) is 0 Å². The first-order valence-corrected chi connectivity index (χ1v) is 12.8. The largest absolute Gasteiger partial charge is 0.357 e. The third kappa shape index (κ3) is 6.15. The molecule has 0 radical (unpaired) electrons. The SMILES string of the molecule is CCNC(=NCC1(CS(C)(=O)=O)CC1)N1CCSC2(CCCCC2)C1.I. The highest BCUT2D eigenvalue weighted by molar-refractivity contribution is 14.0. The fourth-order valence-electron chi connectivity index (χ4n) is 4.27. The van der Waals surface area contributed by atoms with Gasteiger partial charge in [-0.1, -0.05) is 19.3 Å². The maximum atomic E-state index is 11.7. The Kier molecular flexibility index (Phi) is 7.99. The Morgan fingerprint density at radius 1 is 1.19 bits per heavy atom. The molecule has 0 atom stereocenters. The van der Waals surface area contributed by atoms with E-state index in [1.807, 2.05) is 0 Å². The Labute approximate surface area is 180 Å². The summed E-state index contributed by atoms with van der Waals surface area (Å²) in [4.78, 5) is 7.32. The van der Waals surface area contributed by atoms with Crippen molar-refractivity contribution in [2.75, 3.05) is 43.9 Å². The Hall–Kier alpha value is 0.300.